The second kappa shape index (κ2) is 12.4. The van der Waals surface area contributed by atoms with E-state index >= 15 is 0 Å². The lowest BCUT2D eigenvalue weighted by Crippen LogP contribution is -2.30. The van der Waals surface area contributed by atoms with E-state index in [9.17, 15) is 0 Å². The van der Waals surface area contributed by atoms with E-state index in [1.165, 1.54) is 64.6 Å². The van der Waals surface area contributed by atoms with E-state index < -0.39 is 0 Å². The maximum Gasteiger partial charge on any atom is 0.00619 e. The molecule has 0 aliphatic carbocycles. The molecule has 104 valence electrons. The fraction of sp³-hybridized carbons (Fsp3) is 1.00. The molecule has 0 spiro atoms. The van der Waals surface area contributed by atoms with Crippen LogP contribution in [0, 0.1) is 0 Å². The van der Waals surface area contributed by atoms with Gasteiger partial charge in [-0.25, -0.2) is 0 Å². The zero-order valence-electron chi connectivity index (χ0n) is 12.6. The van der Waals surface area contributed by atoms with E-state index in [1.54, 1.807) is 0 Å². The molecule has 0 saturated carbocycles. The zero-order valence-corrected chi connectivity index (χ0v) is 12.6. The van der Waals surface area contributed by atoms with Crippen LogP contribution in [0.1, 0.15) is 65.7 Å². The Morgan fingerprint density at radius 1 is 0.882 bits per heavy atom. The average molecular weight is 242 g/mol. The molecule has 1 N–H and O–H groups in total. The first-order valence-electron chi connectivity index (χ1n) is 7.68. The van der Waals surface area contributed by atoms with E-state index in [0.717, 1.165) is 0 Å². The Labute approximate surface area is 109 Å². The minimum absolute atomic E-state index is 0.717. The summed E-state index contributed by atoms with van der Waals surface area (Å²) in [6.07, 6.45) is 9.25. The van der Waals surface area contributed by atoms with Crippen LogP contribution in [-0.4, -0.2) is 37.6 Å². The molecule has 0 bridgehead atoms. The molecule has 0 aliphatic heterocycles. The van der Waals surface area contributed by atoms with Crippen LogP contribution in [0.4, 0.5) is 0 Å². The quantitative estimate of drug-likeness (QED) is 0.562. The Morgan fingerprint density at radius 2 is 1.41 bits per heavy atom. The molecule has 17 heavy (non-hydrogen) atoms. The highest BCUT2D eigenvalue weighted by Crippen LogP contribution is 2.05. The van der Waals surface area contributed by atoms with Crippen LogP contribution in [-0.2, 0) is 0 Å². The molecule has 0 saturated heterocycles. The minimum Gasteiger partial charge on any atom is -0.317 e. The lowest BCUT2D eigenvalue weighted by atomic mass is 10.1. The lowest BCUT2D eigenvalue weighted by Gasteiger charge is -2.23. The third kappa shape index (κ3) is 9.61. The number of unbranched alkanes of at least 4 members (excludes halogenated alkanes) is 2. The topological polar surface area (TPSA) is 15.3 Å². The molecular formula is C15H34N2. The molecule has 2 heteroatoms. The maximum absolute atomic E-state index is 3.39. The third-order valence-corrected chi connectivity index (χ3v) is 3.58. The van der Waals surface area contributed by atoms with Crippen LogP contribution in [0.3, 0.4) is 0 Å². The largest absolute Gasteiger partial charge is 0.317 e. The molecule has 0 aromatic heterocycles. The van der Waals surface area contributed by atoms with Gasteiger partial charge in [0.1, 0.15) is 0 Å². The molecular weight excluding hydrogens is 208 g/mol. The normalized spacial score (nSPS) is 13.2. The standard InChI is InChI=1S/C15H34N2/c1-5-8-12-17(13-9-6-2)14-10-11-15(7-3)16-4/h15-16H,5-14H2,1-4H3. The van der Waals surface area contributed by atoms with Crippen molar-refractivity contribution in [2.24, 2.45) is 0 Å². The van der Waals surface area contributed by atoms with Crippen molar-refractivity contribution in [1.29, 1.82) is 0 Å². The number of hydrogen-bond donors (Lipinski definition) is 1. The molecule has 0 fully saturated rings. The summed E-state index contributed by atoms with van der Waals surface area (Å²) in [5.74, 6) is 0. The molecule has 0 heterocycles. The van der Waals surface area contributed by atoms with Crippen LogP contribution < -0.4 is 5.32 Å². The molecule has 0 amide bonds. The van der Waals surface area contributed by atoms with Crippen molar-refractivity contribution >= 4 is 0 Å². The zero-order chi connectivity index (χ0) is 12.9. The molecule has 0 aliphatic rings. The molecule has 0 aromatic rings. The summed E-state index contributed by atoms with van der Waals surface area (Å²) < 4.78 is 0. The minimum atomic E-state index is 0.717. The number of rotatable bonds is 12. The summed E-state index contributed by atoms with van der Waals surface area (Å²) in [5, 5.41) is 3.39. The van der Waals surface area contributed by atoms with Crippen LogP contribution in [0.5, 0.6) is 0 Å². The van der Waals surface area contributed by atoms with Gasteiger partial charge in [-0.15, -0.1) is 0 Å². The van der Waals surface area contributed by atoms with Crippen LogP contribution in [0.15, 0.2) is 0 Å². The van der Waals surface area contributed by atoms with Gasteiger partial charge < -0.3 is 10.2 Å². The smallest absolute Gasteiger partial charge is 0.00619 e. The van der Waals surface area contributed by atoms with Gasteiger partial charge in [0.25, 0.3) is 0 Å². The Morgan fingerprint density at radius 3 is 1.82 bits per heavy atom. The lowest BCUT2D eigenvalue weighted by molar-refractivity contribution is 0.255. The van der Waals surface area contributed by atoms with Crippen LogP contribution >= 0.6 is 0 Å². The summed E-state index contributed by atoms with van der Waals surface area (Å²) in [6.45, 7) is 10.7. The van der Waals surface area contributed by atoms with E-state index in [0.29, 0.717) is 6.04 Å². The van der Waals surface area contributed by atoms with Crippen molar-refractivity contribution in [2.75, 3.05) is 26.7 Å². The first-order chi connectivity index (χ1) is 8.28. The number of nitrogens with one attached hydrogen (secondary N) is 1. The van der Waals surface area contributed by atoms with Crippen molar-refractivity contribution < 1.29 is 0 Å². The van der Waals surface area contributed by atoms with E-state index in [4.69, 9.17) is 0 Å². The third-order valence-electron chi connectivity index (χ3n) is 3.58. The SMILES string of the molecule is CCCCN(CCCC)CCCC(CC)NC. The number of hydrogen-bond acceptors (Lipinski definition) is 2. The molecule has 0 rings (SSSR count). The number of nitrogens with zero attached hydrogens (tertiary/aromatic N) is 1. The van der Waals surface area contributed by atoms with Crippen LogP contribution in [0.2, 0.25) is 0 Å². The second-order valence-corrected chi connectivity index (χ2v) is 5.08. The van der Waals surface area contributed by atoms with E-state index in [1.807, 2.05) is 0 Å². The Bertz CT molecular complexity index is 136. The first-order valence-corrected chi connectivity index (χ1v) is 7.68. The summed E-state index contributed by atoms with van der Waals surface area (Å²) in [6, 6.07) is 0.717. The van der Waals surface area contributed by atoms with Gasteiger partial charge in [-0.3, -0.25) is 0 Å². The van der Waals surface area contributed by atoms with Crippen LogP contribution in [0.25, 0.3) is 0 Å². The second-order valence-electron chi connectivity index (χ2n) is 5.08. The van der Waals surface area contributed by atoms with Crippen molar-refractivity contribution in [3.8, 4) is 0 Å². The predicted octanol–water partition coefficient (Wildman–Crippen LogP) is 3.67. The van der Waals surface area contributed by atoms with Gasteiger partial charge in [-0.05, 0) is 58.8 Å². The van der Waals surface area contributed by atoms with Gasteiger partial charge in [0, 0.05) is 6.04 Å². The summed E-state index contributed by atoms with van der Waals surface area (Å²) >= 11 is 0. The Balaban J connectivity index is 3.72. The summed E-state index contributed by atoms with van der Waals surface area (Å²) in [5.41, 5.74) is 0. The van der Waals surface area contributed by atoms with Gasteiger partial charge in [0.2, 0.25) is 0 Å². The monoisotopic (exact) mass is 242 g/mol. The molecule has 0 radical (unpaired) electrons. The summed E-state index contributed by atoms with van der Waals surface area (Å²) in [4.78, 5) is 2.66. The molecule has 1 atom stereocenters. The van der Waals surface area contributed by atoms with Gasteiger partial charge in [0.15, 0.2) is 0 Å². The van der Waals surface area contributed by atoms with Crippen molar-refractivity contribution in [3.05, 3.63) is 0 Å². The van der Waals surface area contributed by atoms with Gasteiger partial charge in [-0.2, -0.15) is 0 Å². The van der Waals surface area contributed by atoms with Gasteiger partial charge >= 0.3 is 0 Å². The van der Waals surface area contributed by atoms with E-state index in [-0.39, 0.29) is 0 Å². The van der Waals surface area contributed by atoms with Crippen molar-refractivity contribution in [1.82, 2.24) is 10.2 Å². The van der Waals surface area contributed by atoms with Crippen molar-refractivity contribution in [2.45, 2.75) is 71.8 Å². The van der Waals surface area contributed by atoms with E-state index in [2.05, 4.69) is 38.0 Å². The first kappa shape index (κ1) is 16.9. The average Bonchev–Trinajstić information content (AvgIpc) is 2.37. The molecule has 0 aromatic carbocycles. The highest BCUT2D eigenvalue weighted by atomic mass is 15.1. The fourth-order valence-electron chi connectivity index (χ4n) is 2.21. The molecule has 1 unspecified atom stereocenters. The molecule has 2 nitrogen and oxygen atoms in total. The van der Waals surface area contributed by atoms with Gasteiger partial charge in [-0.1, -0.05) is 33.6 Å². The predicted molar refractivity (Wildman–Crippen MR) is 78.6 cm³/mol. The summed E-state index contributed by atoms with van der Waals surface area (Å²) in [7, 11) is 2.08. The van der Waals surface area contributed by atoms with Gasteiger partial charge in [0.05, 0.1) is 0 Å². The Hall–Kier alpha value is -0.0800. The maximum atomic E-state index is 3.39. The van der Waals surface area contributed by atoms with Crippen molar-refractivity contribution in [3.63, 3.8) is 0 Å². The highest BCUT2D eigenvalue weighted by molar-refractivity contribution is 4.65. The highest BCUT2D eigenvalue weighted by Gasteiger charge is 2.06. The Kier molecular flexibility index (Phi) is 12.3. The fourth-order valence-corrected chi connectivity index (χ4v) is 2.21.